The first-order chi connectivity index (χ1) is 9.94. The van der Waals surface area contributed by atoms with Crippen LogP contribution in [0.15, 0.2) is 51.8 Å². The minimum Gasteiger partial charge on any atom is -0.439 e. The van der Waals surface area contributed by atoms with Crippen molar-refractivity contribution < 1.29 is 12.8 Å². The third-order valence-electron chi connectivity index (χ3n) is 2.94. The van der Waals surface area contributed by atoms with Crippen molar-refractivity contribution in [2.24, 2.45) is 0 Å². The summed E-state index contributed by atoms with van der Waals surface area (Å²) in [7, 11) is -3.53. The number of hydrogen-bond donors (Lipinski definition) is 1. The van der Waals surface area contributed by atoms with Crippen LogP contribution in [0.2, 0.25) is 5.02 Å². The lowest BCUT2D eigenvalue weighted by atomic mass is 10.3. The quantitative estimate of drug-likeness (QED) is 0.749. The summed E-state index contributed by atoms with van der Waals surface area (Å²) < 4.78 is 30.0. The molecule has 1 aromatic heterocycles. The van der Waals surface area contributed by atoms with E-state index >= 15 is 0 Å². The van der Waals surface area contributed by atoms with Crippen molar-refractivity contribution in [1.82, 2.24) is 4.98 Å². The summed E-state index contributed by atoms with van der Waals surface area (Å²) in [5.74, 6) is -0.186. The number of hydrogen-bond acceptors (Lipinski definition) is 5. The van der Waals surface area contributed by atoms with E-state index in [0.717, 1.165) is 0 Å². The second-order valence-corrected chi connectivity index (χ2v) is 6.97. The van der Waals surface area contributed by atoms with Crippen LogP contribution in [0.5, 0.6) is 0 Å². The molecule has 0 radical (unpaired) electrons. The predicted molar refractivity (Wildman–Crippen MR) is 80.8 cm³/mol. The highest BCUT2D eigenvalue weighted by Gasteiger charge is 2.19. The Hall–Kier alpha value is -2.05. The first kappa shape index (κ1) is 13.9. The molecule has 0 amide bonds. The Balaban J connectivity index is 1.95. The van der Waals surface area contributed by atoms with E-state index in [2.05, 4.69) is 4.98 Å². The fourth-order valence-electron chi connectivity index (χ4n) is 1.94. The van der Waals surface area contributed by atoms with Crippen LogP contribution < -0.4 is 5.73 Å². The Morgan fingerprint density at radius 2 is 1.86 bits per heavy atom. The Labute approximate surface area is 126 Å². The summed E-state index contributed by atoms with van der Waals surface area (Å²) in [5.41, 5.74) is 7.22. The molecular formula is C14H11ClN2O3S. The van der Waals surface area contributed by atoms with Crippen LogP contribution in [0.4, 0.5) is 5.69 Å². The number of rotatable bonds is 3. The van der Waals surface area contributed by atoms with Crippen LogP contribution in [0.1, 0.15) is 5.89 Å². The lowest BCUT2D eigenvalue weighted by Crippen LogP contribution is -2.04. The Bertz CT molecular complexity index is 902. The van der Waals surface area contributed by atoms with E-state index < -0.39 is 9.84 Å². The molecular weight excluding hydrogens is 312 g/mol. The average molecular weight is 323 g/mol. The van der Waals surface area contributed by atoms with E-state index in [1.165, 1.54) is 24.3 Å². The van der Waals surface area contributed by atoms with Gasteiger partial charge in [-0.2, -0.15) is 0 Å². The Morgan fingerprint density at radius 3 is 2.57 bits per heavy atom. The third kappa shape index (κ3) is 2.86. The summed E-state index contributed by atoms with van der Waals surface area (Å²) in [5, 5.41) is 0.478. The molecule has 1 heterocycles. The summed E-state index contributed by atoms with van der Waals surface area (Å²) >= 11 is 5.75. The molecule has 0 saturated heterocycles. The Kier molecular flexibility index (Phi) is 3.35. The van der Waals surface area contributed by atoms with Gasteiger partial charge in [-0.15, -0.1) is 0 Å². The predicted octanol–water partition coefficient (Wildman–Crippen LogP) is 3.04. The van der Waals surface area contributed by atoms with Crippen LogP contribution in [0, 0.1) is 0 Å². The highest BCUT2D eigenvalue weighted by Crippen LogP contribution is 2.22. The van der Waals surface area contributed by atoms with Gasteiger partial charge < -0.3 is 10.2 Å². The van der Waals surface area contributed by atoms with E-state index in [1.54, 1.807) is 18.2 Å². The van der Waals surface area contributed by atoms with Gasteiger partial charge in [0.05, 0.1) is 4.90 Å². The summed E-state index contributed by atoms with van der Waals surface area (Å²) in [6.45, 7) is 0. The molecule has 108 valence electrons. The molecule has 0 fully saturated rings. The lowest BCUT2D eigenvalue weighted by molar-refractivity contribution is 0.540. The summed E-state index contributed by atoms with van der Waals surface area (Å²) in [6, 6.07) is 11.0. The van der Waals surface area contributed by atoms with E-state index in [1.807, 2.05) is 0 Å². The van der Waals surface area contributed by atoms with E-state index in [4.69, 9.17) is 21.8 Å². The minimum absolute atomic E-state index is 0.130. The first-order valence-electron chi connectivity index (χ1n) is 6.07. The van der Waals surface area contributed by atoms with Gasteiger partial charge in [0.1, 0.15) is 11.3 Å². The van der Waals surface area contributed by atoms with Gasteiger partial charge in [0.2, 0.25) is 5.89 Å². The summed E-state index contributed by atoms with van der Waals surface area (Å²) in [4.78, 5) is 4.33. The molecule has 2 N–H and O–H groups in total. The molecule has 21 heavy (non-hydrogen) atoms. The van der Waals surface area contributed by atoms with Gasteiger partial charge in [0, 0.05) is 16.8 Å². The first-order valence-corrected chi connectivity index (χ1v) is 8.10. The van der Waals surface area contributed by atoms with Gasteiger partial charge in [0.25, 0.3) is 0 Å². The molecule has 7 heteroatoms. The van der Waals surface area contributed by atoms with Crippen molar-refractivity contribution in [2.45, 2.75) is 10.6 Å². The van der Waals surface area contributed by atoms with Crippen LogP contribution >= 0.6 is 11.6 Å². The van der Waals surface area contributed by atoms with Gasteiger partial charge in [-0.25, -0.2) is 13.4 Å². The minimum atomic E-state index is -3.53. The van der Waals surface area contributed by atoms with Crippen molar-refractivity contribution in [3.8, 4) is 0 Å². The van der Waals surface area contributed by atoms with Crippen LogP contribution in [-0.2, 0) is 15.6 Å². The number of sulfone groups is 1. The van der Waals surface area contributed by atoms with E-state index in [9.17, 15) is 8.42 Å². The maximum Gasteiger partial charge on any atom is 0.211 e. The van der Waals surface area contributed by atoms with Gasteiger partial charge in [-0.3, -0.25) is 0 Å². The zero-order valence-corrected chi connectivity index (χ0v) is 12.4. The maximum atomic E-state index is 12.3. The number of anilines is 1. The monoisotopic (exact) mass is 322 g/mol. The number of fused-ring (bicyclic) bond motifs is 1. The van der Waals surface area contributed by atoms with Crippen molar-refractivity contribution in [2.75, 3.05) is 5.73 Å². The smallest absolute Gasteiger partial charge is 0.211 e. The number of oxazole rings is 1. The largest absolute Gasteiger partial charge is 0.439 e. The second kappa shape index (κ2) is 5.05. The van der Waals surface area contributed by atoms with E-state index in [-0.39, 0.29) is 16.5 Å². The SMILES string of the molecule is Nc1ccc2nc(CS(=O)(=O)c3ccc(Cl)cc3)oc2c1. The highest BCUT2D eigenvalue weighted by atomic mass is 35.5. The number of benzene rings is 2. The molecule has 3 rings (SSSR count). The lowest BCUT2D eigenvalue weighted by Gasteiger charge is -2.01. The van der Waals surface area contributed by atoms with Crippen molar-refractivity contribution in [3.63, 3.8) is 0 Å². The fraction of sp³-hybridized carbons (Fsp3) is 0.0714. The normalized spacial score (nSPS) is 11.9. The van der Waals surface area contributed by atoms with Crippen LogP contribution in [-0.4, -0.2) is 13.4 Å². The van der Waals surface area contributed by atoms with Crippen LogP contribution in [0.25, 0.3) is 11.1 Å². The average Bonchev–Trinajstić information content (AvgIpc) is 2.79. The molecule has 0 saturated carbocycles. The number of nitrogens with two attached hydrogens (primary N) is 1. The van der Waals surface area contributed by atoms with Gasteiger partial charge >= 0.3 is 0 Å². The number of nitrogen functional groups attached to an aromatic ring is 1. The molecule has 0 aliphatic heterocycles. The zero-order chi connectivity index (χ0) is 15.0. The molecule has 5 nitrogen and oxygen atoms in total. The third-order valence-corrected chi connectivity index (χ3v) is 4.81. The molecule has 0 unspecified atom stereocenters. The zero-order valence-electron chi connectivity index (χ0n) is 10.8. The van der Waals surface area contributed by atoms with Gasteiger partial charge in [0.15, 0.2) is 15.4 Å². The van der Waals surface area contributed by atoms with Gasteiger partial charge in [-0.05, 0) is 36.4 Å². The number of halogens is 1. The number of nitrogens with zero attached hydrogens (tertiary/aromatic N) is 1. The van der Waals surface area contributed by atoms with Gasteiger partial charge in [-0.1, -0.05) is 11.6 Å². The molecule has 0 bridgehead atoms. The topological polar surface area (TPSA) is 86.2 Å². The molecule has 0 spiro atoms. The molecule has 3 aromatic rings. The second-order valence-electron chi connectivity index (χ2n) is 4.55. The van der Waals surface area contributed by atoms with Crippen molar-refractivity contribution >= 4 is 38.2 Å². The maximum absolute atomic E-state index is 12.3. The molecule has 2 aromatic carbocycles. The fourth-order valence-corrected chi connectivity index (χ4v) is 3.23. The van der Waals surface area contributed by atoms with Crippen molar-refractivity contribution in [3.05, 3.63) is 53.4 Å². The molecule has 0 aliphatic rings. The van der Waals surface area contributed by atoms with Crippen LogP contribution in [0.3, 0.4) is 0 Å². The summed E-state index contributed by atoms with van der Waals surface area (Å²) in [6.07, 6.45) is 0. The molecule has 0 aliphatic carbocycles. The standard InChI is InChI=1S/C14H11ClN2O3S/c15-9-1-4-11(5-2-9)21(18,19)8-14-17-12-6-3-10(16)7-13(12)20-14/h1-7H,8,16H2. The Morgan fingerprint density at radius 1 is 1.14 bits per heavy atom. The van der Waals surface area contributed by atoms with E-state index in [0.29, 0.717) is 21.8 Å². The van der Waals surface area contributed by atoms with Crippen molar-refractivity contribution in [1.29, 1.82) is 0 Å². The highest BCUT2D eigenvalue weighted by molar-refractivity contribution is 7.90. The number of aromatic nitrogens is 1. The molecule has 0 atom stereocenters.